The van der Waals surface area contributed by atoms with Gasteiger partial charge in [-0.1, -0.05) is 37.8 Å². The lowest BCUT2D eigenvalue weighted by Gasteiger charge is -2.14. The predicted octanol–water partition coefficient (Wildman–Crippen LogP) is 6.41. The van der Waals surface area contributed by atoms with Gasteiger partial charge in [-0.15, -0.1) is 17.9 Å². The van der Waals surface area contributed by atoms with E-state index in [-0.39, 0.29) is 29.1 Å². The van der Waals surface area contributed by atoms with Gasteiger partial charge >= 0.3 is 5.97 Å². The van der Waals surface area contributed by atoms with Crippen LogP contribution in [0.4, 0.5) is 8.78 Å². The molecule has 5 nitrogen and oxygen atoms in total. The summed E-state index contributed by atoms with van der Waals surface area (Å²) in [5, 5.41) is 2.34. The number of esters is 1. The molecular formula is C24H26F2N2O3S2. The Morgan fingerprint density at radius 3 is 2.79 bits per heavy atom. The molecule has 1 unspecified atom stereocenters. The van der Waals surface area contributed by atoms with Gasteiger partial charge in [-0.25, -0.2) is 13.8 Å². The smallest absolute Gasteiger partial charge is 0.316 e. The minimum Gasteiger partial charge on any atom is -0.465 e. The number of carbonyl (C=O) groups excluding carboxylic acids is 1. The molecule has 1 atom stereocenters. The molecule has 1 aromatic carbocycles. The molecule has 2 aromatic heterocycles. The van der Waals surface area contributed by atoms with E-state index in [2.05, 4.69) is 11.6 Å². The van der Waals surface area contributed by atoms with Crippen molar-refractivity contribution in [2.75, 3.05) is 12.4 Å². The minimum absolute atomic E-state index is 0.0526. The van der Waals surface area contributed by atoms with E-state index >= 15 is 0 Å². The fraction of sp³-hybridized carbons (Fsp3) is 0.292. The topological polar surface area (TPSA) is 61.2 Å². The SMILES string of the molecule is C=CCC(/C=C/F)c1csc2nc(SCC(=O)OCC)n(-c3cccc(F)c3)c(=O)c12.CC. The number of hydrogen-bond donors (Lipinski definition) is 0. The Morgan fingerprint density at radius 2 is 2.15 bits per heavy atom. The molecule has 3 aromatic rings. The molecule has 0 fully saturated rings. The van der Waals surface area contributed by atoms with E-state index < -0.39 is 17.3 Å². The number of thioether (sulfide) groups is 1. The van der Waals surface area contributed by atoms with E-state index in [1.807, 2.05) is 13.8 Å². The maximum atomic E-state index is 13.9. The fourth-order valence-corrected chi connectivity index (χ4v) is 4.96. The summed E-state index contributed by atoms with van der Waals surface area (Å²) in [7, 11) is 0. The number of carbonyl (C=O) groups is 1. The van der Waals surface area contributed by atoms with Crippen molar-refractivity contribution in [3.05, 3.63) is 76.4 Å². The molecule has 176 valence electrons. The van der Waals surface area contributed by atoms with Crippen LogP contribution in [0.3, 0.4) is 0 Å². The van der Waals surface area contributed by atoms with Gasteiger partial charge in [0.2, 0.25) is 0 Å². The highest BCUT2D eigenvalue weighted by atomic mass is 32.2. The van der Waals surface area contributed by atoms with Crippen LogP contribution in [-0.2, 0) is 9.53 Å². The van der Waals surface area contributed by atoms with Gasteiger partial charge in [0.05, 0.1) is 29.8 Å². The van der Waals surface area contributed by atoms with Crippen LogP contribution in [0.1, 0.15) is 38.7 Å². The van der Waals surface area contributed by atoms with Crippen LogP contribution >= 0.6 is 23.1 Å². The first-order chi connectivity index (χ1) is 16.0. The average Bonchev–Trinajstić information content (AvgIpc) is 3.23. The highest BCUT2D eigenvalue weighted by Gasteiger charge is 2.22. The van der Waals surface area contributed by atoms with Crippen molar-refractivity contribution >= 4 is 39.3 Å². The van der Waals surface area contributed by atoms with Crippen LogP contribution < -0.4 is 5.56 Å². The Morgan fingerprint density at radius 1 is 1.39 bits per heavy atom. The summed E-state index contributed by atoms with van der Waals surface area (Å²) >= 11 is 2.29. The molecule has 0 amide bonds. The van der Waals surface area contributed by atoms with E-state index in [1.165, 1.54) is 40.2 Å². The van der Waals surface area contributed by atoms with Gasteiger partial charge in [0.25, 0.3) is 5.56 Å². The molecule has 0 saturated heterocycles. The second-order valence-corrected chi connectivity index (χ2v) is 8.23. The van der Waals surface area contributed by atoms with Crippen molar-refractivity contribution in [3.8, 4) is 5.69 Å². The van der Waals surface area contributed by atoms with Gasteiger partial charge in [-0.2, -0.15) is 0 Å². The van der Waals surface area contributed by atoms with E-state index in [1.54, 1.807) is 24.4 Å². The average molecular weight is 493 g/mol. The van der Waals surface area contributed by atoms with Gasteiger partial charge in [0.15, 0.2) is 5.16 Å². The van der Waals surface area contributed by atoms with Gasteiger partial charge in [0.1, 0.15) is 10.6 Å². The van der Waals surface area contributed by atoms with Crippen LogP contribution in [0.25, 0.3) is 15.9 Å². The van der Waals surface area contributed by atoms with Crippen LogP contribution in [-0.4, -0.2) is 27.9 Å². The van der Waals surface area contributed by atoms with Crippen LogP contribution in [0.5, 0.6) is 0 Å². The van der Waals surface area contributed by atoms with E-state index in [9.17, 15) is 18.4 Å². The van der Waals surface area contributed by atoms with Crippen molar-refractivity contribution in [1.82, 2.24) is 9.55 Å². The second-order valence-electron chi connectivity index (χ2n) is 6.43. The summed E-state index contributed by atoms with van der Waals surface area (Å²) in [6.45, 7) is 9.64. The normalized spacial score (nSPS) is 11.8. The van der Waals surface area contributed by atoms with E-state index in [0.717, 1.165) is 11.8 Å². The Hall–Kier alpha value is -2.78. The van der Waals surface area contributed by atoms with Crippen molar-refractivity contribution < 1.29 is 18.3 Å². The molecule has 9 heteroatoms. The first-order valence-corrected chi connectivity index (χ1v) is 12.3. The molecule has 0 aliphatic carbocycles. The first kappa shape index (κ1) is 26.5. The number of halogens is 2. The van der Waals surface area contributed by atoms with Crippen molar-refractivity contribution in [1.29, 1.82) is 0 Å². The van der Waals surface area contributed by atoms with Crippen molar-refractivity contribution in [2.24, 2.45) is 0 Å². The van der Waals surface area contributed by atoms with Crippen LogP contribution in [0, 0.1) is 5.82 Å². The first-order valence-electron chi connectivity index (χ1n) is 10.5. The summed E-state index contributed by atoms with van der Waals surface area (Å²) in [4.78, 5) is 30.4. The molecule has 3 rings (SSSR count). The van der Waals surface area contributed by atoms with Gasteiger partial charge in [0, 0.05) is 5.92 Å². The van der Waals surface area contributed by atoms with Crippen molar-refractivity contribution in [2.45, 2.75) is 38.3 Å². The maximum absolute atomic E-state index is 13.9. The third-order valence-electron chi connectivity index (χ3n) is 4.42. The lowest BCUT2D eigenvalue weighted by molar-refractivity contribution is -0.139. The van der Waals surface area contributed by atoms with Crippen LogP contribution in [0.15, 0.2) is 64.7 Å². The predicted molar refractivity (Wildman–Crippen MR) is 132 cm³/mol. The molecule has 33 heavy (non-hydrogen) atoms. The molecule has 0 spiro atoms. The van der Waals surface area contributed by atoms with Gasteiger partial charge < -0.3 is 4.74 Å². The lowest BCUT2D eigenvalue weighted by atomic mass is 9.96. The highest BCUT2D eigenvalue weighted by molar-refractivity contribution is 7.99. The summed E-state index contributed by atoms with van der Waals surface area (Å²) in [6, 6.07) is 5.56. The Balaban J connectivity index is 0.00000187. The number of aromatic nitrogens is 2. The monoisotopic (exact) mass is 492 g/mol. The van der Waals surface area contributed by atoms with E-state index in [0.29, 0.717) is 28.5 Å². The summed E-state index contributed by atoms with van der Waals surface area (Å²) < 4.78 is 33.1. The molecule has 0 aliphatic heterocycles. The number of allylic oxidation sites excluding steroid dienone is 2. The third kappa shape index (κ3) is 6.39. The number of fused-ring (bicyclic) bond motifs is 1. The Kier molecular flexibility index (Phi) is 10.5. The third-order valence-corrected chi connectivity index (χ3v) is 6.22. The number of nitrogens with zero attached hydrogens (tertiary/aromatic N) is 2. The number of hydrogen-bond acceptors (Lipinski definition) is 6. The highest BCUT2D eigenvalue weighted by Crippen LogP contribution is 2.33. The van der Waals surface area contributed by atoms with Gasteiger partial charge in [-0.05, 0) is 48.6 Å². The zero-order chi connectivity index (χ0) is 24.4. The van der Waals surface area contributed by atoms with Gasteiger partial charge in [-0.3, -0.25) is 14.2 Å². The Bertz CT molecular complexity index is 1190. The number of thiophene rings is 1. The molecule has 2 heterocycles. The number of ether oxygens (including phenoxy) is 1. The number of benzene rings is 1. The number of rotatable bonds is 9. The quantitative estimate of drug-likeness (QED) is 0.149. The fourth-order valence-electron chi connectivity index (χ4n) is 3.11. The molecule has 0 N–H and O–H groups in total. The molecular weight excluding hydrogens is 466 g/mol. The molecule has 0 aliphatic rings. The maximum Gasteiger partial charge on any atom is 0.316 e. The Labute approximate surface area is 199 Å². The molecule has 0 bridgehead atoms. The summed E-state index contributed by atoms with van der Waals surface area (Å²) in [5.74, 6) is -1.40. The molecule has 0 radical (unpaired) electrons. The molecule has 0 saturated carbocycles. The second kappa shape index (κ2) is 13.1. The lowest BCUT2D eigenvalue weighted by Crippen LogP contribution is -2.23. The largest absolute Gasteiger partial charge is 0.465 e. The summed E-state index contributed by atoms with van der Waals surface area (Å²) in [5.41, 5.74) is 0.488. The van der Waals surface area contributed by atoms with E-state index in [4.69, 9.17) is 4.74 Å². The zero-order valence-corrected chi connectivity index (χ0v) is 20.3. The zero-order valence-electron chi connectivity index (χ0n) is 18.7. The van der Waals surface area contributed by atoms with Crippen molar-refractivity contribution in [3.63, 3.8) is 0 Å². The van der Waals surface area contributed by atoms with Crippen LogP contribution in [0.2, 0.25) is 0 Å². The summed E-state index contributed by atoms with van der Waals surface area (Å²) in [6.07, 6.45) is 3.89. The standard InChI is InChI=1S/C22H20F2N2O3S2.C2H6/c1-3-6-14(9-10-23)17-12-30-20-19(17)21(28)26(16-8-5-7-15(24)11-16)22(25-20)31-13-18(27)29-4-2;1-2/h3,5,7-12,14H,1,4,6,13H2,2H3;1-2H3/b10-9+;. The minimum atomic E-state index is -0.513.